The molecule has 1 aliphatic carbocycles. The van der Waals surface area contributed by atoms with Gasteiger partial charge in [-0.15, -0.1) is 0 Å². The second-order valence-electron chi connectivity index (χ2n) is 4.71. The number of nitrogens with one attached hydrogen (secondary N) is 1. The molecule has 0 atom stereocenters. The van der Waals surface area contributed by atoms with Gasteiger partial charge in [-0.05, 0) is 43.4 Å². The van der Waals surface area contributed by atoms with Crippen molar-refractivity contribution in [1.29, 1.82) is 0 Å². The average molecular weight is 302 g/mol. The largest absolute Gasteiger partial charge is 0.349 e. The van der Waals surface area contributed by atoms with Crippen molar-refractivity contribution in [2.75, 3.05) is 0 Å². The Morgan fingerprint density at radius 3 is 2.58 bits per heavy atom. The smallest absolute Gasteiger partial charge is 0.261 e. The van der Waals surface area contributed by atoms with E-state index < -0.39 is 9.05 Å². The second-order valence-corrected chi connectivity index (χ2v) is 7.28. The van der Waals surface area contributed by atoms with E-state index in [1.54, 1.807) is 6.07 Å². The minimum Gasteiger partial charge on any atom is -0.349 e. The maximum Gasteiger partial charge on any atom is 0.261 e. The lowest BCUT2D eigenvalue weighted by Crippen LogP contribution is -2.39. The van der Waals surface area contributed by atoms with Crippen LogP contribution >= 0.6 is 10.7 Å². The fourth-order valence-electron chi connectivity index (χ4n) is 2.04. The zero-order chi connectivity index (χ0) is 14.0. The maximum absolute atomic E-state index is 12.2. The fourth-order valence-corrected chi connectivity index (χ4v) is 2.82. The molecular weight excluding hydrogens is 286 g/mol. The summed E-state index contributed by atoms with van der Waals surface area (Å²) < 4.78 is 22.7. The van der Waals surface area contributed by atoms with Crippen molar-refractivity contribution >= 4 is 25.6 Å². The van der Waals surface area contributed by atoms with Crippen LogP contribution in [0.1, 0.15) is 42.1 Å². The average Bonchev–Trinajstić information content (AvgIpc) is 2.31. The van der Waals surface area contributed by atoms with Gasteiger partial charge < -0.3 is 5.32 Å². The number of hydrogen-bond acceptors (Lipinski definition) is 3. The van der Waals surface area contributed by atoms with Crippen LogP contribution in [0, 0.1) is 0 Å². The predicted molar refractivity (Wildman–Crippen MR) is 74.0 cm³/mol. The summed E-state index contributed by atoms with van der Waals surface area (Å²) in [4.78, 5) is 12.1. The van der Waals surface area contributed by atoms with Crippen LogP contribution < -0.4 is 5.32 Å². The molecule has 1 aromatic carbocycles. The molecule has 1 aliphatic rings. The van der Waals surface area contributed by atoms with Crippen LogP contribution in [-0.4, -0.2) is 20.4 Å². The summed E-state index contributed by atoms with van der Waals surface area (Å²) in [5, 5.41) is 2.91. The Labute approximate surface area is 117 Å². The molecule has 4 nitrogen and oxygen atoms in total. The van der Waals surface area contributed by atoms with Gasteiger partial charge in [-0.2, -0.15) is 0 Å². The molecule has 0 aromatic heterocycles. The first kappa shape index (κ1) is 14.3. The molecule has 0 radical (unpaired) electrons. The zero-order valence-electron chi connectivity index (χ0n) is 10.6. The van der Waals surface area contributed by atoms with Crippen molar-refractivity contribution in [3.05, 3.63) is 29.3 Å². The lowest BCUT2D eigenvalue weighted by molar-refractivity contribution is 0.0916. The lowest BCUT2D eigenvalue weighted by atomic mass is 9.92. The third-order valence-electron chi connectivity index (χ3n) is 3.43. The van der Waals surface area contributed by atoms with Gasteiger partial charge in [-0.1, -0.05) is 13.0 Å². The summed E-state index contributed by atoms with van der Waals surface area (Å²) in [6.07, 6.45) is 3.76. The van der Waals surface area contributed by atoms with Gasteiger partial charge in [0.15, 0.2) is 0 Å². The monoisotopic (exact) mass is 301 g/mol. The van der Waals surface area contributed by atoms with Gasteiger partial charge >= 0.3 is 0 Å². The molecule has 1 aromatic rings. The summed E-state index contributed by atoms with van der Waals surface area (Å²) in [6.45, 7) is 1.92. The van der Waals surface area contributed by atoms with Gasteiger partial charge in [-0.3, -0.25) is 4.79 Å². The molecule has 1 N–H and O–H groups in total. The van der Waals surface area contributed by atoms with Crippen LogP contribution in [0.15, 0.2) is 23.1 Å². The molecule has 6 heteroatoms. The second kappa shape index (κ2) is 5.51. The van der Waals surface area contributed by atoms with Gasteiger partial charge in [0.25, 0.3) is 15.0 Å². The molecular formula is C13H16ClNO3S. The molecule has 0 unspecified atom stereocenters. The van der Waals surface area contributed by atoms with E-state index in [-0.39, 0.29) is 16.8 Å². The summed E-state index contributed by atoms with van der Waals surface area (Å²) in [7, 11) is 1.50. The quantitative estimate of drug-likeness (QED) is 0.869. The number of aryl methyl sites for hydroxylation is 1. The van der Waals surface area contributed by atoms with Crippen LogP contribution in [0.3, 0.4) is 0 Å². The van der Waals surface area contributed by atoms with E-state index in [2.05, 4.69) is 5.32 Å². The minimum atomic E-state index is -3.81. The topological polar surface area (TPSA) is 63.2 Å². The number of rotatable bonds is 4. The van der Waals surface area contributed by atoms with E-state index in [4.69, 9.17) is 10.7 Å². The fraction of sp³-hybridized carbons (Fsp3) is 0.462. The number of carbonyl (C=O) groups excluding carboxylic acids is 1. The Bertz CT molecular complexity index is 594. The first-order chi connectivity index (χ1) is 8.91. The van der Waals surface area contributed by atoms with Gasteiger partial charge in [0.05, 0.1) is 4.90 Å². The molecule has 19 heavy (non-hydrogen) atoms. The highest BCUT2D eigenvalue weighted by Gasteiger charge is 2.22. The highest BCUT2D eigenvalue weighted by Crippen LogP contribution is 2.22. The van der Waals surface area contributed by atoms with Crippen LogP contribution in [0.25, 0.3) is 0 Å². The highest BCUT2D eigenvalue weighted by atomic mass is 35.7. The number of benzene rings is 1. The standard InChI is InChI=1S/C13H16ClNO3S/c1-2-9-6-7-11(19(14,17)18)8-12(9)13(16)15-10-4-3-5-10/h6-8,10H,2-5H2,1H3,(H,15,16). The van der Waals surface area contributed by atoms with E-state index >= 15 is 0 Å². The Balaban J connectivity index is 2.32. The summed E-state index contributed by atoms with van der Waals surface area (Å²) >= 11 is 0. The Kier molecular flexibility index (Phi) is 4.16. The summed E-state index contributed by atoms with van der Waals surface area (Å²) in [5.41, 5.74) is 1.22. The third kappa shape index (κ3) is 3.28. The number of hydrogen-bond donors (Lipinski definition) is 1. The van der Waals surface area contributed by atoms with Crippen LogP contribution in [0.5, 0.6) is 0 Å². The molecule has 0 bridgehead atoms. The Hall–Kier alpha value is -1.07. The molecule has 0 heterocycles. The van der Waals surface area contributed by atoms with E-state index in [9.17, 15) is 13.2 Å². The van der Waals surface area contributed by atoms with Crippen molar-refractivity contribution in [1.82, 2.24) is 5.32 Å². The molecule has 104 valence electrons. The number of amides is 1. The maximum atomic E-state index is 12.2. The van der Waals surface area contributed by atoms with Crippen molar-refractivity contribution in [2.45, 2.75) is 43.5 Å². The first-order valence-electron chi connectivity index (χ1n) is 6.30. The molecule has 0 spiro atoms. The first-order valence-corrected chi connectivity index (χ1v) is 8.61. The molecule has 0 aliphatic heterocycles. The third-order valence-corrected chi connectivity index (χ3v) is 4.78. The normalized spacial score (nSPS) is 15.9. The van der Waals surface area contributed by atoms with Crippen LogP contribution in [0.4, 0.5) is 0 Å². The van der Waals surface area contributed by atoms with E-state index in [1.165, 1.54) is 12.1 Å². The van der Waals surface area contributed by atoms with E-state index in [1.807, 2.05) is 6.92 Å². The van der Waals surface area contributed by atoms with Crippen molar-refractivity contribution in [3.8, 4) is 0 Å². The SMILES string of the molecule is CCc1ccc(S(=O)(=O)Cl)cc1C(=O)NC1CCC1. The summed E-state index contributed by atoms with van der Waals surface area (Å²) in [6, 6.07) is 4.65. The number of halogens is 1. The summed E-state index contributed by atoms with van der Waals surface area (Å²) in [5.74, 6) is -0.219. The lowest BCUT2D eigenvalue weighted by Gasteiger charge is -2.26. The molecule has 1 fully saturated rings. The van der Waals surface area contributed by atoms with Crippen molar-refractivity contribution < 1.29 is 13.2 Å². The van der Waals surface area contributed by atoms with E-state index in [0.717, 1.165) is 24.8 Å². The predicted octanol–water partition coefficient (Wildman–Crippen LogP) is 2.46. The van der Waals surface area contributed by atoms with Gasteiger partial charge in [0.1, 0.15) is 0 Å². The van der Waals surface area contributed by atoms with Gasteiger partial charge in [-0.25, -0.2) is 8.42 Å². The van der Waals surface area contributed by atoms with Crippen molar-refractivity contribution in [2.24, 2.45) is 0 Å². The van der Waals surface area contributed by atoms with Gasteiger partial charge in [0, 0.05) is 22.3 Å². The molecule has 1 saturated carbocycles. The van der Waals surface area contributed by atoms with Gasteiger partial charge in [0.2, 0.25) is 0 Å². The zero-order valence-corrected chi connectivity index (χ0v) is 12.2. The minimum absolute atomic E-state index is 0.0369. The Morgan fingerprint density at radius 2 is 2.11 bits per heavy atom. The molecule has 2 rings (SSSR count). The molecule has 0 saturated heterocycles. The Morgan fingerprint density at radius 1 is 1.42 bits per heavy atom. The number of carbonyl (C=O) groups is 1. The van der Waals surface area contributed by atoms with Crippen LogP contribution in [-0.2, 0) is 15.5 Å². The van der Waals surface area contributed by atoms with Crippen LogP contribution in [0.2, 0.25) is 0 Å². The van der Waals surface area contributed by atoms with E-state index in [0.29, 0.717) is 12.0 Å². The van der Waals surface area contributed by atoms with Crippen molar-refractivity contribution in [3.63, 3.8) is 0 Å². The molecule has 1 amide bonds. The highest BCUT2D eigenvalue weighted by molar-refractivity contribution is 8.13.